The Morgan fingerprint density at radius 1 is 1.33 bits per heavy atom. The number of nitrogens with one attached hydrogen (secondary N) is 1. The van der Waals surface area contributed by atoms with Crippen LogP contribution in [0.1, 0.15) is 15.6 Å². The van der Waals surface area contributed by atoms with Crippen molar-refractivity contribution in [2.24, 2.45) is 0 Å². The Kier molecular flexibility index (Phi) is 3.70. The van der Waals surface area contributed by atoms with Crippen molar-refractivity contribution in [3.8, 4) is 0 Å². The molecule has 0 saturated carbocycles. The zero-order valence-electron chi connectivity index (χ0n) is 12.0. The molecular weight excluding hydrogens is 284 g/mol. The first-order valence-corrected chi connectivity index (χ1v) is 7.54. The smallest absolute Gasteiger partial charge is 0.240 e. The number of carbonyl (C=O) groups excluding carboxylic acids is 1. The summed E-state index contributed by atoms with van der Waals surface area (Å²) in [5.41, 5.74) is 2.86. The van der Waals surface area contributed by atoms with Crippen LogP contribution in [0.15, 0.2) is 30.6 Å². The second-order valence-electron chi connectivity index (χ2n) is 4.88. The van der Waals surface area contributed by atoms with Gasteiger partial charge in [-0.3, -0.25) is 4.79 Å². The molecule has 3 aromatic rings. The zero-order chi connectivity index (χ0) is 14.8. The molecule has 3 rings (SSSR count). The van der Waals surface area contributed by atoms with E-state index in [4.69, 9.17) is 0 Å². The van der Waals surface area contributed by atoms with Crippen LogP contribution in [0.2, 0.25) is 0 Å². The molecule has 2 aromatic heterocycles. The Hall–Kier alpha value is -2.21. The molecule has 6 heteroatoms. The first-order valence-electron chi connectivity index (χ1n) is 6.73. The average Bonchev–Trinajstić information content (AvgIpc) is 3.00. The van der Waals surface area contributed by atoms with Crippen molar-refractivity contribution in [1.29, 1.82) is 0 Å². The number of aromatic nitrogens is 3. The van der Waals surface area contributed by atoms with Crippen molar-refractivity contribution in [3.05, 3.63) is 46.2 Å². The summed E-state index contributed by atoms with van der Waals surface area (Å²) >= 11 is 1.62. The van der Waals surface area contributed by atoms with E-state index in [1.54, 1.807) is 17.7 Å². The lowest BCUT2D eigenvalue weighted by molar-refractivity contribution is -0.121. The number of amides is 1. The fourth-order valence-electron chi connectivity index (χ4n) is 2.26. The highest BCUT2D eigenvalue weighted by Gasteiger charge is 2.09. The van der Waals surface area contributed by atoms with Crippen molar-refractivity contribution in [2.75, 3.05) is 0 Å². The van der Waals surface area contributed by atoms with E-state index in [1.807, 2.05) is 42.7 Å². The quantitative estimate of drug-likeness (QED) is 0.805. The maximum Gasteiger partial charge on any atom is 0.240 e. The van der Waals surface area contributed by atoms with Crippen molar-refractivity contribution >= 4 is 28.3 Å². The first-order chi connectivity index (χ1) is 10.1. The Bertz CT molecular complexity index is 790. The molecular formula is C15H16N4OS. The largest absolute Gasteiger partial charge is 0.350 e. The lowest BCUT2D eigenvalue weighted by atomic mass is 10.3. The van der Waals surface area contributed by atoms with Crippen LogP contribution in [-0.2, 0) is 17.9 Å². The second-order valence-corrected chi connectivity index (χ2v) is 6.17. The fourth-order valence-corrected chi connectivity index (χ4v) is 3.14. The number of benzene rings is 1. The van der Waals surface area contributed by atoms with Crippen molar-refractivity contribution in [3.63, 3.8) is 0 Å². The van der Waals surface area contributed by atoms with Crippen LogP contribution < -0.4 is 5.32 Å². The SMILES string of the molecule is Cc1nc(C)c(CNC(=O)Cn2cnc3ccccc32)s1. The predicted octanol–water partition coefficient (Wildman–Crippen LogP) is 2.43. The Morgan fingerprint density at radius 3 is 2.90 bits per heavy atom. The first kappa shape index (κ1) is 13.8. The molecule has 0 aliphatic carbocycles. The van der Waals surface area contributed by atoms with Crippen LogP contribution >= 0.6 is 11.3 Å². The molecule has 0 aliphatic rings. The van der Waals surface area contributed by atoms with Gasteiger partial charge in [0, 0.05) is 4.88 Å². The topological polar surface area (TPSA) is 59.8 Å². The molecule has 2 heterocycles. The lowest BCUT2D eigenvalue weighted by Crippen LogP contribution is -2.26. The van der Waals surface area contributed by atoms with Crippen LogP contribution in [0, 0.1) is 13.8 Å². The van der Waals surface area contributed by atoms with Gasteiger partial charge in [0.1, 0.15) is 6.54 Å². The van der Waals surface area contributed by atoms with Gasteiger partial charge in [0.05, 0.1) is 34.6 Å². The maximum atomic E-state index is 12.1. The molecule has 1 N–H and O–H groups in total. The minimum absolute atomic E-state index is 0.0244. The number of para-hydroxylation sites is 2. The van der Waals surface area contributed by atoms with E-state index < -0.39 is 0 Å². The normalized spacial score (nSPS) is 11.0. The number of rotatable bonds is 4. The van der Waals surface area contributed by atoms with Gasteiger partial charge in [0.2, 0.25) is 5.91 Å². The fraction of sp³-hybridized carbons (Fsp3) is 0.267. The molecule has 0 aliphatic heterocycles. The van der Waals surface area contributed by atoms with Crippen molar-refractivity contribution < 1.29 is 4.79 Å². The monoisotopic (exact) mass is 300 g/mol. The third-order valence-electron chi connectivity index (χ3n) is 3.29. The lowest BCUT2D eigenvalue weighted by Gasteiger charge is -2.06. The van der Waals surface area contributed by atoms with Gasteiger partial charge in [0.15, 0.2) is 0 Å². The second kappa shape index (κ2) is 5.65. The van der Waals surface area contributed by atoms with Gasteiger partial charge >= 0.3 is 0 Å². The zero-order valence-corrected chi connectivity index (χ0v) is 12.8. The third-order valence-corrected chi connectivity index (χ3v) is 4.36. The standard InChI is InChI=1S/C15H16N4OS/c1-10-14(21-11(2)18-10)7-16-15(20)8-19-9-17-12-5-3-4-6-13(12)19/h3-6,9H,7-8H2,1-2H3,(H,16,20). The number of fused-ring (bicyclic) bond motifs is 1. The molecule has 0 bridgehead atoms. The van der Waals surface area contributed by atoms with Gasteiger partial charge in [-0.15, -0.1) is 11.3 Å². The summed E-state index contributed by atoms with van der Waals surface area (Å²) in [5.74, 6) is -0.0244. The van der Waals surface area contributed by atoms with E-state index >= 15 is 0 Å². The van der Waals surface area contributed by atoms with E-state index in [1.165, 1.54) is 0 Å². The molecule has 1 aromatic carbocycles. The average molecular weight is 300 g/mol. The number of hydrogen-bond acceptors (Lipinski definition) is 4. The van der Waals surface area contributed by atoms with Gasteiger partial charge in [0.25, 0.3) is 0 Å². The van der Waals surface area contributed by atoms with Crippen LogP contribution in [0.25, 0.3) is 11.0 Å². The molecule has 21 heavy (non-hydrogen) atoms. The molecule has 0 radical (unpaired) electrons. The van der Waals surface area contributed by atoms with E-state index in [2.05, 4.69) is 15.3 Å². The number of nitrogens with zero attached hydrogens (tertiary/aromatic N) is 3. The van der Waals surface area contributed by atoms with Gasteiger partial charge in [-0.05, 0) is 26.0 Å². The molecule has 0 saturated heterocycles. The molecule has 108 valence electrons. The molecule has 0 atom stereocenters. The summed E-state index contributed by atoms with van der Waals surface area (Å²) in [5, 5.41) is 3.96. The summed E-state index contributed by atoms with van der Waals surface area (Å²) in [6, 6.07) is 7.79. The summed E-state index contributed by atoms with van der Waals surface area (Å²) < 4.78 is 1.86. The Morgan fingerprint density at radius 2 is 2.14 bits per heavy atom. The van der Waals surface area contributed by atoms with Crippen LogP contribution in [0.5, 0.6) is 0 Å². The minimum atomic E-state index is -0.0244. The third kappa shape index (κ3) is 2.95. The Labute approximate surface area is 126 Å². The highest BCUT2D eigenvalue weighted by atomic mass is 32.1. The van der Waals surface area contributed by atoms with E-state index in [0.29, 0.717) is 6.54 Å². The summed E-state index contributed by atoms with van der Waals surface area (Å²) in [6.07, 6.45) is 1.70. The van der Waals surface area contributed by atoms with Crippen LogP contribution in [-0.4, -0.2) is 20.4 Å². The predicted molar refractivity (Wildman–Crippen MR) is 83.2 cm³/mol. The molecule has 0 fully saturated rings. The van der Waals surface area contributed by atoms with Gasteiger partial charge < -0.3 is 9.88 Å². The van der Waals surface area contributed by atoms with Crippen LogP contribution in [0.4, 0.5) is 0 Å². The molecule has 1 amide bonds. The molecule has 0 unspecified atom stereocenters. The number of thiazole rings is 1. The van der Waals surface area contributed by atoms with E-state index in [0.717, 1.165) is 26.6 Å². The van der Waals surface area contributed by atoms with Crippen molar-refractivity contribution in [1.82, 2.24) is 19.9 Å². The highest BCUT2D eigenvalue weighted by molar-refractivity contribution is 7.11. The molecule has 0 spiro atoms. The maximum absolute atomic E-state index is 12.1. The van der Waals surface area contributed by atoms with Gasteiger partial charge in [-0.2, -0.15) is 0 Å². The van der Waals surface area contributed by atoms with E-state index in [9.17, 15) is 4.79 Å². The number of aryl methyl sites for hydroxylation is 2. The highest BCUT2D eigenvalue weighted by Crippen LogP contribution is 2.16. The van der Waals surface area contributed by atoms with Gasteiger partial charge in [-0.25, -0.2) is 9.97 Å². The van der Waals surface area contributed by atoms with E-state index in [-0.39, 0.29) is 12.5 Å². The summed E-state index contributed by atoms with van der Waals surface area (Å²) in [6.45, 7) is 4.75. The molecule has 5 nitrogen and oxygen atoms in total. The van der Waals surface area contributed by atoms with Gasteiger partial charge in [-0.1, -0.05) is 12.1 Å². The number of carbonyl (C=O) groups is 1. The minimum Gasteiger partial charge on any atom is -0.350 e. The van der Waals surface area contributed by atoms with Crippen LogP contribution in [0.3, 0.4) is 0 Å². The summed E-state index contributed by atoms with van der Waals surface area (Å²) in [4.78, 5) is 21.8. The number of hydrogen-bond donors (Lipinski definition) is 1. The summed E-state index contributed by atoms with van der Waals surface area (Å²) in [7, 11) is 0. The Balaban J connectivity index is 1.65. The number of imidazole rings is 1. The van der Waals surface area contributed by atoms with Crippen molar-refractivity contribution in [2.45, 2.75) is 26.9 Å².